The molecule has 0 bridgehead atoms. The quantitative estimate of drug-likeness (QED) is 0.749. The number of hydrogen-bond acceptors (Lipinski definition) is 4. The third-order valence-corrected chi connectivity index (χ3v) is 4.45. The number of carbonyl (C=O) groups is 1. The minimum atomic E-state index is 0.0906. The fourth-order valence-electron chi connectivity index (χ4n) is 3.38. The maximum Gasteiger partial charge on any atom is 0.237 e. The van der Waals surface area contributed by atoms with Crippen LogP contribution in [0.15, 0.2) is 0 Å². The van der Waals surface area contributed by atoms with Gasteiger partial charge in [0.05, 0.1) is 12.6 Å². The Morgan fingerprint density at radius 1 is 1.40 bits per heavy atom. The van der Waals surface area contributed by atoms with Crippen molar-refractivity contribution >= 4 is 5.91 Å². The molecule has 2 heterocycles. The van der Waals surface area contributed by atoms with Gasteiger partial charge in [0.25, 0.3) is 0 Å². The molecule has 2 saturated heterocycles. The molecule has 0 spiro atoms. The number of hydrogen-bond donors (Lipinski definition) is 2. The number of nitrogens with zero attached hydrogens (tertiary/aromatic N) is 1. The van der Waals surface area contributed by atoms with Crippen LogP contribution in [0.2, 0.25) is 0 Å². The number of amides is 1. The van der Waals surface area contributed by atoms with Crippen molar-refractivity contribution in [2.45, 2.75) is 44.7 Å². The molecule has 2 rings (SSSR count). The zero-order valence-corrected chi connectivity index (χ0v) is 12.9. The van der Waals surface area contributed by atoms with Gasteiger partial charge in [-0.1, -0.05) is 6.92 Å². The highest BCUT2D eigenvalue weighted by molar-refractivity contribution is 5.82. The van der Waals surface area contributed by atoms with E-state index >= 15 is 0 Å². The number of rotatable bonds is 6. The van der Waals surface area contributed by atoms with Crippen molar-refractivity contribution in [2.75, 3.05) is 39.9 Å². The minimum absolute atomic E-state index is 0.0906. The van der Waals surface area contributed by atoms with Gasteiger partial charge < -0.3 is 15.4 Å². The van der Waals surface area contributed by atoms with Crippen LogP contribution in [0.5, 0.6) is 0 Å². The van der Waals surface area contributed by atoms with Crippen LogP contribution in [0, 0.1) is 5.92 Å². The lowest BCUT2D eigenvalue weighted by molar-refractivity contribution is -0.126. The molecule has 2 fully saturated rings. The summed E-state index contributed by atoms with van der Waals surface area (Å²) >= 11 is 0. The second-order valence-electron chi connectivity index (χ2n) is 6.18. The number of carbonyl (C=O) groups excluding carboxylic acids is 1. The van der Waals surface area contributed by atoms with Crippen LogP contribution >= 0.6 is 0 Å². The zero-order valence-electron chi connectivity index (χ0n) is 12.9. The van der Waals surface area contributed by atoms with Crippen molar-refractivity contribution in [3.05, 3.63) is 0 Å². The molecule has 5 heteroatoms. The van der Waals surface area contributed by atoms with Gasteiger partial charge in [-0.05, 0) is 51.2 Å². The monoisotopic (exact) mass is 283 g/mol. The first-order chi connectivity index (χ1) is 9.72. The van der Waals surface area contributed by atoms with Gasteiger partial charge in [-0.15, -0.1) is 0 Å². The lowest BCUT2D eigenvalue weighted by atomic mass is 10.0. The first kappa shape index (κ1) is 15.7. The van der Waals surface area contributed by atoms with E-state index in [0.29, 0.717) is 25.1 Å². The zero-order chi connectivity index (χ0) is 14.4. The summed E-state index contributed by atoms with van der Waals surface area (Å²) in [6.07, 6.45) is 4.50. The van der Waals surface area contributed by atoms with Crippen LogP contribution in [0.3, 0.4) is 0 Å². The van der Waals surface area contributed by atoms with Gasteiger partial charge in [0.1, 0.15) is 0 Å². The molecule has 0 aliphatic carbocycles. The molecule has 0 aromatic heterocycles. The van der Waals surface area contributed by atoms with E-state index in [-0.39, 0.29) is 11.9 Å². The molecule has 0 saturated carbocycles. The Balaban J connectivity index is 1.81. The number of likely N-dealkylation sites (tertiary alicyclic amines) is 1. The van der Waals surface area contributed by atoms with Gasteiger partial charge in [0.2, 0.25) is 5.91 Å². The standard InChI is InChI=1S/C15H29N3O2/c1-12(11-20-2)10-17-15(19)14-4-3-9-18(14)13-5-7-16-8-6-13/h12-14,16H,3-11H2,1-2H3,(H,17,19). The molecule has 0 aromatic carbocycles. The highest BCUT2D eigenvalue weighted by Crippen LogP contribution is 2.24. The molecule has 2 aliphatic heterocycles. The third-order valence-electron chi connectivity index (χ3n) is 4.45. The molecule has 2 unspecified atom stereocenters. The number of nitrogens with one attached hydrogen (secondary N) is 2. The third kappa shape index (κ3) is 4.17. The Morgan fingerprint density at radius 2 is 2.15 bits per heavy atom. The number of ether oxygens (including phenoxy) is 1. The van der Waals surface area contributed by atoms with Crippen LogP contribution in [-0.2, 0) is 9.53 Å². The maximum absolute atomic E-state index is 12.4. The average Bonchev–Trinajstić information content (AvgIpc) is 2.95. The summed E-state index contributed by atoms with van der Waals surface area (Å²) in [4.78, 5) is 14.8. The summed E-state index contributed by atoms with van der Waals surface area (Å²) in [6.45, 7) is 6.76. The predicted octanol–water partition coefficient (Wildman–Crippen LogP) is 0.602. The van der Waals surface area contributed by atoms with E-state index in [0.717, 1.165) is 32.5 Å². The van der Waals surface area contributed by atoms with Crippen LogP contribution in [0.4, 0.5) is 0 Å². The van der Waals surface area contributed by atoms with Gasteiger partial charge in [0.15, 0.2) is 0 Å². The smallest absolute Gasteiger partial charge is 0.237 e. The van der Waals surface area contributed by atoms with E-state index in [1.54, 1.807) is 7.11 Å². The van der Waals surface area contributed by atoms with Crippen LogP contribution in [0.25, 0.3) is 0 Å². The van der Waals surface area contributed by atoms with Gasteiger partial charge in [-0.2, -0.15) is 0 Å². The van der Waals surface area contributed by atoms with Crippen molar-refractivity contribution < 1.29 is 9.53 Å². The van der Waals surface area contributed by atoms with Crippen molar-refractivity contribution in [1.29, 1.82) is 0 Å². The van der Waals surface area contributed by atoms with E-state index in [1.165, 1.54) is 12.8 Å². The van der Waals surface area contributed by atoms with Crippen molar-refractivity contribution in [3.63, 3.8) is 0 Å². The second kappa shape index (κ2) is 7.96. The molecular weight excluding hydrogens is 254 g/mol. The highest BCUT2D eigenvalue weighted by atomic mass is 16.5. The molecule has 0 radical (unpaired) electrons. The van der Waals surface area contributed by atoms with E-state index in [2.05, 4.69) is 22.5 Å². The van der Waals surface area contributed by atoms with Gasteiger partial charge in [-0.3, -0.25) is 9.69 Å². The van der Waals surface area contributed by atoms with E-state index in [9.17, 15) is 4.79 Å². The van der Waals surface area contributed by atoms with Crippen molar-refractivity contribution in [3.8, 4) is 0 Å². The Bertz CT molecular complexity index is 305. The molecule has 2 atom stereocenters. The number of methoxy groups -OCH3 is 1. The van der Waals surface area contributed by atoms with Gasteiger partial charge in [0, 0.05) is 19.7 Å². The molecule has 20 heavy (non-hydrogen) atoms. The van der Waals surface area contributed by atoms with E-state index < -0.39 is 0 Å². The van der Waals surface area contributed by atoms with Crippen molar-refractivity contribution in [2.24, 2.45) is 5.92 Å². The molecule has 116 valence electrons. The topological polar surface area (TPSA) is 53.6 Å². The normalized spacial score (nSPS) is 26.6. The van der Waals surface area contributed by atoms with Gasteiger partial charge >= 0.3 is 0 Å². The molecule has 5 nitrogen and oxygen atoms in total. The van der Waals surface area contributed by atoms with E-state index in [1.807, 2.05) is 0 Å². The molecular formula is C15H29N3O2. The summed E-state index contributed by atoms with van der Waals surface area (Å²) in [5, 5.41) is 6.50. The summed E-state index contributed by atoms with van der Waals surface area (Å²) in [5.41, 5.74) is 0. The molecule has 2 N–H and O–H groups in total. The van der Waals surface area contributed by atoms with E-state index in [4.69, 9.17) is 4.74 Å². The lowest BCUT2D eigenvalue weighted by Crippen LogP contribution is -2.51. The van der Waals surface area contributed by atoms with Crippen LogP contribution < -0.4 is 10.6 Å². The lowest BCUT2D eigenvalue weighted by Gasteiger charge is -2.35. The summed E-state index contributed by atoms with van der Waals surface area (Å²) in [6, 6.07) is 0.679. The first-order valence-electron chi connectivity index (χ1n) is 7.95. The highest BCUT2D eigenvalue weighted by Gasteiger charge is 2.35. The SMILES string of the molecule is COCC(C)CNC(=O)C1CCCN1C1CCNCC1. The minimum Gasteiger partial charge on any atom is -0.384 e. The maximum atomic E-state index is 12.4. The Labute approximate surface area is 122 Å². The fraction of sp³-hybridized carbons (Fsp3) is 0.933. The second-order valence-corrected chi connectivity index (χ2v) is 6.18. The first-order valence-corrected chi connectivity index (χ1v) is 7.95. The van der Waals surface area contributed by atoms with Crippen LogP contribution in [0.1, 0.15) is 32.6 Å². The number of piperidine rings is 1. The summed E-state index contributed by atoms with van der Waals surface area (Å²) < 4.78 is 5.11. The van der Waals surface area contributed by atoms with Crippen LogP contribution in [-0.4, -0.2) is 62.8 Å². The van der Waals surface area contributed by atoms with Crippen molar-refractivity contribution in [1.82, 2.24) is 15.5 Å². The fourth-order valence-corrected chi connectivity index (χ4v) is 3.38. The Hall–Kier alpha value is -0.650. The molecule has 1 amide bonds. The predicted molar refractivity (Wildman–Crippen MR) is 79.7 cm³/mol. The summed E-state index contributed by atoms with van der Waals surface area (Å²) in [7, 11) is 1.70. The van der Waals surface area contributed by atoms with Gasteiger partial charge in [-0.25, -0.2) is 0 Å². The largest absolute Gasteiger partial charge is 0.384 e. The Kier molecular flexibility index (Phi) is 6.26. The molecule has 0 aromatic rings. The Morgan fingerprint density at radius 3 is 2.85 bits per heavy atom. The summed E-state index contributed by atoms with van der Waals surface area (Å²) in [5.74, 6) is 0.585. The average molecular weight is 283 g/mol. The molecule has 2 aliphatic rings.